The second kappa shape index (κ2) is 7.54. The molecule has 116 valence electrons. The molecule has 1 aromatic carbocycles. The number of aliphatic hydroxyl groups is 1. The Balaban J connectivity index is 1.87. The van der Waals surface area contributed by atoms with Gasteiger partial charge in [0.25, 0.3) is 0 Å². The third-order valence-electron chi connectivity index (χ3n) is 3.86. The summed E-state index contributed by atoms with van der Waals surface area (Å²) in [6, 6.07) is 10.1. The lowest BCUT2D eigenvalue weighted by Gasteiger charge is -2.37. The molecule has 5 nitrogen and oxygen atoms in total. The van der Waals surface area contributed by atoms with E-state index in [1.54, 1.807) is 4.90 Å². The van der Waals surface area contributed by atoms with Gasteiger partial charge in [-0.05, 0) is 12.5 Å². The van der Waals surface area contributed by atoms with Crippen LogP contribution in [0.1, 0.15) is 12.5 Å². The monoisotopic (exact) mass is 292 g/mol. The fourth-order valence-electron chi connectivity index (χ4n) is 2.45. The number of morpholine rings is 1. The van der Waals surface area contributed by atoms with E-state index in [0.717, 1.165) is 5.56 Å². The van der Waals surface area contributed by atoms with E-state index < -0.39 is 0 Å². The van der Waals surface area contributed by atoms with Crippen LogP contribution in [0.15, 0.2) is 30.3 Å². The number of rotatable bonds is 5. The first kappa shape index (κ1) is 15.9. The maximum atomic E-state index is 12.3. The van der Waals surface area contributed by atoms with Crippen LogP contribution in [0.3, 0.4) is 0 Å². The molecule has 5 heteroatoms. The number of aliphatic hydroxyl groups excluding tert-OH is 1. The van der Waals surface area contributed by atoms with Gasteiger partial charge in [-0.15, -0.1) is 0 Å². The van der Waals surface area contributed by atoms with E-state index in [0.29, 0.717) is 26.2 Å². The Hall–Kier alpha value is -1.43. The first-order valence-corrected chi connectivity index (χ1v) is 7.34. The fourth-order valence-corrected chi connectivity index (χ4v) is 2.45. The summed E-state index contributed by atoms with van der Waals surface area (Å²) in [6.45, 7) is 4.17. The Morgan fingerprint density at radius 3 is 2.81 bits per heavy atom. The van der Waals surface area contributed by atoms with Gasteiger partial charge in [0.1, 0.15) is 0 Å². The normalized spacial score (nSPS) is 23.0. The number of hydrogen-bond donors (Lipinski definition) is 1. The van der Waals surface area contributed by atoms with Crippen LogP contribution in [0.4, 0.5) is 0 Å². The van der Waals surface area contributed by atoms with Crippen LogP contribution < -0.4 is 0 Å². The van der Waals surface area contributed by atoms with E-state index in [4.69, 9.17) is 4.74 Å². The summed E-state index contributed by atoms with van der Waals surface area (Å²) in [4.78, 5) is 16.2. The van der Waals surface area contributed by atoms with Crippen molar-refractivity contribution in [2.24, 2.45) is 0 Å². The molecule has 2 atom stereocenters. The predicted octanol–water partition coefficient (Wildman–Crippen LogP) is 0.727. The first-order valence-electron chi connectivity index (χ1n) is 7.34. The van der Waals surface area contributed by atoms with Gasteiger partial charge in [-0.2, -0.15) is 0 Å². The molecule has 1 N–H and O–H groups in total. The number of carbonyl (C=O) groups is 1. The van der Waals surface area contributed by atoms with Crippen LogP contribution in [0, 0.1) is 0 Å². The average molecular weight is 292 g/mol. The summed E-state index contributed by atoms with van der Waals surface area (Å²) in [5.74, 6) is 0.0873. The van der Waals surface area contributed by atoms with E-state index in [2.05, 4.69) is 4.90 Å². The molecule has 0 bridgehead atoms. The molecule has 1 aliphatic heterocycles. The summed E-state index contributed by atoms with van der Waals surface area (Å²) in [5.41, 5.74) is 1.12. The Bertz CT molecular complexity index is 452. The first-order chi connectivity index (χ1) is 10.1. The number of carbonyl (C=O) groups excluding carboxylic acids is 1. The van der Waals surface area contributed by atoms with Crippen molar-refractivity contribution in [3.63, 3.8) is 0 Å². The van der Waals surface area contributed by atoms with Crippen molar-refractivity contribution in [3.05, 3.63) is 35.9 Å². The Labute approximate surface area is 126 Å². The molecule has 0 spiro atoms. The van der Waals surface area contributed by atoms with E-state index in [9.17, 15) is 9.90 Å². The zero-order valence-corrected chi connectivity index (χ0v) is 12.7. The second-order valence-electron chi connectivity index (χ2n) is 5.65. The third kappa shape index (κ3) is 4.52. The number of ether oxygens (including phenoxy) is 1. The minimum absolute atomic E-state index is 0.00271. The molecule has 1 amide bonds. The van der Waals surface area contributed by atoms with Gasteiger partial charge >= 0.3 is 0 Å². The van der Waals surface area contributed by atoms with E-state index in [1.807, 2.05) is 44.3 Å². The summed E-state index contributed by atoms with van der Waals surface area (Å²) in [7, 11) is 1.82. The topological polar surface area (TPSA) is 53.0 Å². The third-order valence-corrected chi connectivity index (χ3v) is 3.86. The van der Waals surface area contributed by atoms with Crippen LogP contribution >= 0.6 is 0 Å². The minimum atomic E-state index is -0.187. The van der Waals surface area contributed by atoms with Crippen molar-refractivity contribution in [1.82, 2.24) is 9.80 Å². The van der Waals surface area contributed by atoms with Crippen LogP contribution in [0.5, 0.6) is 0 Å². The summed E-state index contributed by atoms with van der Waals surface area (Å²) in [5, 5.41) is 9.19. The second-order valence-corrected chi connectivity index (χ2v) is 5.65. The highest BCUT2D eigenvalue weighted by atomic mass is 16.5. The smallest absolute Gasteiger partial charge is 0.236 e. The van der Waals surface area contributed by atoms with Gasteiger partial charge in [-0.1, -0.05) is 30.3 Å². The van der Waals surface area contributed by atoms with Crippen molar-refractivity contribution >= 4 is 5.91 Å². The highest BCUT2D eigenvalue weighted by Crippen LogP contribution is 2.12. The van der Waals surface area contributed by atoms with Crippen molar-refractivity contribution in [2.75, 3.05) is 33.4 Å². The maximum Gasteiger partial charge on any atom is 0.236 e. The van der Waals surface area contributed by atoms with Crippen molar-refractivity contribution in [1.29, 1.82) is 0 Å². The van der Waals surface area contributed by atoms with Gasteiger partial charge in [0.05, 0.1) is 25.9 Å². The lowest BCUT2D eigenvalue weighted by atomic mass is 10.2. The van der Waals surface area contributed by atoms with Gasteiger partial charge in [0.15, 0.2) is 0 Å². The van der Waals surface area contributed by atoms with Gasteiger partial charge in [-0.25, -0.2) is 0 Å². The fraction of sp³-hybridized carbons (Fsp3) is 0.562. The number of benzene rings is 1. The number of amides is 1. The van der Waals surface area contributed by atoms with E-state index in [1.165, 1.54) is 0 Å². The Morgan fingerprint density at radius 1 is 1.43 bits per heavy atom. The van der Waals surface area contributed by atoms with Gasteiger partial charge in [0.2, 0.25) is 5.91 Å². The molecule has 21 heavy (non-hydrogen) atoms. The molecule has 0 saturated carbocycles. The van der Waals surface area contributed by atoms with E-state index in [-0.39, 0.29) is 24.7 Å². The number of nitrogens with zero attached hydrogens (tertiary/aromatic N) is 2. The Kier molecular flexibility index (Phi) is 5.73. The number of hydrogen-bond acceptors (Lipinski definition) is 4. The van der Waals surface area contributed by atoms with Crippen LogP contribution in [0.2, 0.25) is 0 Å². The lowest BCUT2D eigenvalue weighted by molar-refractivity contribution is -0.136. The molecule has 2 rings (SSSR count). The van der Waals surface area contributed by atoms with Crippen LogP contribution in [-0.4, -0.2) is 66.3 Å². The lowest BCUT2D eigenvalue weighted by Crippen LogP contribution is -2.52. The highest BCUT2D eigenvalue weighted by molar-refractivity contribution is 5.78. The van der Waals surface area contributed by atoms with Crippen LogP contribution in [0.25, 0.3) is 0 Å². The molecule has 1 aromatic rings. The molecule has 1 saturated heterocycles. The molecular weight excluding hydrogens is 268 g/mol. The molecule has 1 aliphatic rings. The standard InChI is InChI=1S/C16H24N2O3/c1-13-12-21-15(11-19)9-18(13)10-16(20)17(2)8-14-6-4-3-5-7-14/h3-7,13,15,19H,8-12H2,1-2H3. The van der Waals surface area contributed by atoms with Crippen molar-refractivity contribution in [2.45, 2.75) is 25.6 Å². The van der Waals surface area contributed by atoms with Gasteiger partial charge in [-0.3, -0.25) is 9.69 Å². The molecule has 0 radical (unpaired) electrons. The quantitative estimate of drug-likeness (QED) is 0.869. The highest BCUT2D eigenvalue weighted by Gasteiger charge is 2.27. The van der Waals surface area contributed by atoms with Crippen molar-refractivity contribution < 1.29 is 14.6 Å². The average Bonchev–Trinajstić information content (AvgIpc) is 2.50. The van der Waals surface area contributed by atoms with E-state index >= 15 is 0 Å². The molecule has 1 heterocycles. The largest absolute Gasteiger partial charge is 0.394 e. The summed E-state index contributed by atoms with van der Waals surface area (Å²) in [6.07, 6.45) is -0.187. The van der Waals surface area contributed by atoms with Gasteiger partial charge in [0, 0.05) is 26.2 Å². The summed E-state index contributed by atoms with van der Waals surface area (Å²) < 4.78 is 5.49. The molecular formula is C16H24N2O3. The molecule has 1 fully saturated rings. The van der Waals surface area contributed by atoms with Gasteiger partial charge < -0.3 is 14.7 Å². The van der Waals surface area contributed by atoms with Crippen molar-refractivity contribution in [3.8, 4) is 0 Å². The molecule has 2 unspecified atom stereocenters. The number of likely N-dealkylation sites (N-methyl/N-ethyl adjacent to an activating group) is 1. The van der Waals surface area contributed by atoms with Crippen LogP contribution in [-0.2, 0) is 16.1 Å². The summed E-state index contributed by atoms with van der Waals surface area (Å²) >= 11 is 0. The zero-order chi connectivity index (χ0) is 15.2. The maximum absolute atomic E-state index is 12.3. The Morgan fingerprint density at radius 2 is 2.14 bits per heavy atom. The SMILES string of the molecule is CC1COC(CO)CN1CC(=O)N(C)Cc1ccccc1. The molecule has 0 aliphatic carbocycles. The molecule has 0 aromatic heterocycles. The predicted molar refractivity (Wildman–Crippen MR) is 80.8 cm³/mol. The zero-order valence-electron chi connectivity index (χ0n) is 12.7. The minimum Gasteiger partial charge on any atom is -0.394 e.